The van der Waals surface area contributed by atoms with Gasteiger partial charge in [-0.25, -0.2) is 0 Å². The van der Waals surface area contributed by atoms with Gasteiger partial charge in [-0.05, 0) is 37.4 Å². The summed E-state index contributed by atoms with van der Waals surface area (Å²) in [5.41, 5.74) is 2.67. The van der Waals surface area contributed by atoms with E-state index < -0.39 is 0 Å². The summed E-state index contributed by atoms with van der Waals surface area (Å²) in [6, 6.07) is 4.64. The fourth-order valence-corrected chi connectivity index (χ4v) is 2.38. The van der Waals surface area contributed by atoms with Crippen molar-refractivity contribution >= 4 is 0 Å². The summed E-state index contributed by atoms with van der Waals surface area (Å²) in [6.07, 6.45) is 0. The first-order valence-corrected chi connectivity index (χ1v) is 5.55. The molecule has 2 heterocycles. The first-order valence-electron chi connectivity index (χ1n) is 5.55. The fraction of sp³-hybridized carbons (Fsp3) is 0.500. The van der Waals surface area contributed by atoms with Crippen LogP contribution in [0, 0.1) is 0 Å². The molecule has 0 saturated heterocycles. The molecule has 1 aromatic rings. The fourth-order valence-electron chi connectivity index (χ4n) is 2.38. The molecule has 0 aliphatic carbocycles. The Labute approximate surface area is 95.1 Å². The lowest BCUT2D eigenvalue weighted by molar-refractivity contribution is 0.174. The van der Waals surface area contributed by atoms with E-state index in [0.717, 1.165) is 24.6 Å². The molecule has 0 radical (unpaired) electrons. The molecule has 16 heavy (non-hydrogen) atoms. The van der Waals surface area contributed by atoms with Crippen molar-refractivity contribution in [2.45, 2.75) is 12.6 Å². The maximum atomic E-state index is 5.43. The quantitative estimate of drug-likeness (QED) is 0.769. The lowest BCUT2D eigenvalue weighted by atomic mass is 9.95. The second-order valence-corrected chi connectivity index (χ2v) is 4.51. The predicted molar refractivity (Wildman–Crippen MR) is 60.7 cm³/mol. The Morgan fingerprint density at radius 3 is 2.75 bits per heavy atom. The maximum Gasteiger partial charge on any atom is 0.231 e. The minimum absolute atomic E-state index is 0.346. The van der Waals surface area contributed by atoms with Gasteiger partial charge in [0.25, 0.3) is 0 Å². The van der Waals surface area contributed by atoms with Gasteiger partial charge in [0.1, 0.15) is 0 Å². The smallest absolute Gasteiger partial charge is 0.231 e. The SMILES string of the molecule is CN(C)[C@H]1CNCc2cc3c(cc21)OCO3. The van der Waals surface area contributed by atoms with Crippen molar-refractivity contribution in [2.24, 2.45) is 0 Å². The highest BCUT2D eigenvalue weighted by molar-refractivity contribution is 5.50. The molecule has 4 nitrogen and oxygen atoms in total. The van der Waals surface area contributed by atoms with E-state index >= 15 is 0 Å². The number of ether oxygens (including phenoxy) is 2. The van der Waals surface area contributed by atoms with E-state index in [-0.39, 0.29) is 0 Å². The van der Waals surface area contributed by atoms with Crippen molar-refractivity contribution in [1.29, 1.82) is 0 Å². The second-order valence-electron chi connectivity index (χ2n) is 4.51. The first kappa shape index (κ1) is 9.93. The van der Waals surface area contributed by atoms with Gasteiger partial charge in [-0.3, -0.25) is 0 Å². The largest absolute Gasteiger partial charge is 0.454 e. The highest BCUT2D eigenvalue weighted by Gasteiger charge is 2.25. The zero-order chi connectivity index (χ0) is 11.1. The number of fused-ring (bicyclic) bond motifs is 2. The minimum Gasteiger partial charge on any atom is -0.454 e. The van der Waals surface area contributed by atoms with Crippen molar-refractivity contribution in [3.63, 3.8) is 0 Å². The van der Waals surface area contributed by atoms with Crippen molar-refractivity contribution < 1.29 is 9.47 Å². The molecule has 4 heteroatoms. The summed E-state index contributed by atoms with van der Waals surface area (Å²) in [4.78, 5) is 2.23. The Kier molecular flexibility index (Phi) is 2.26. The molecule has 1 atom stereocenters. The van der Waals surface area contributed by atoms with Gasteiger partial charge in [-0.1, -0.05) is 0 Å². The average Bonchev–Trinajstić information content (AvgIpc) is 2.71. The van der Waals surface area contributed by atoms with Crippen LogP contribution >= 0.6 is 0 Å². The average molecular weight is 220 g/mol. The number of benzene rings is 1. The number of hydrogen-bond donors (Lipinski definition) is 1. The molecule has 0 amide bonds. The van der Waals surface area contributed by atoms with E-state index in [0.29, 0.717) is 12.8 Å². The summed E-state index contributed by atoms with van der Waals surface area (Å²) in [5, 5.41) is 3.43. The highest BCUT2D eigenvalue weighted by atomic mass is 16.7. The van der Waals surface area contributed by atoms with Gasteiger partial charge in [-0.15, -0.1) is 0 Å². The third kappa shape index (κ3) is 1.45. The molecule has 0 fully saturated rings. The molecule has 0 spiro atoms. The number of hydrogen-bond acceptors (Lipinski definition) is 4. The van der Waals surface area contributed by atoms with Gasteiger partial charge >= 0.3 is 0 Å². The molecule has 0 bridgehead atoms. The molecule has 1 aromatic carbocycles. The van der Waals surface area contributed by atoms with Gasteiger partial charge in [-0.2, -0.15) is 0 Å². The Morgan fingerprint density at radius 2 is 2.00 bits per heavy atom. The van der Waals surface area contributed by atoms with Gasteiger partial charge in [0.2, 0.25) is 6.79 Å². The lowest BCUT2D eigenvalue weighted by Gasteiger charge is -2.31. The summed E-state index contributed by atoms with van der Waals surface area (Å²) in [5.74, 6) is 1.76. The highest BCUT2D eigenvalue weighted by Crippen LogP contribution is 2.38. The van der Waals surface area contributed by atoms with E-state index in [9.17, 15) is 0 Å². The zero-order valence-electron chi connectivity index (χ0n) is 9.62. The van der Waals surface area contributed by atoms with Crippen LogP contribution in [0.2, 0.25) is 0 Å². The zero-order valence-corrected chi connectivity index (χ0v) is 9.62. The van der Waals surface area contributed by atoms with Crippen LogP contribution in [-0.4, -0.2) is 32.3 Å². The van der Waals surface area contributed by atoms with E-state index in [1.165, 1.54) is 11.1 Å². The topological polar surface area (TPSA) is 33.7 Å². The molecule has 0 unspecified atom stereocenters. The van der Waals surface area contributed by atoms with Crippen LogP contribution in [0.15, 0.2) is 12.1 Å². The Morgan fingerprint density at radius 1 is 1.25 bits per heavy atom. The van der Waals surface area contributed by atoms with Crippen LogP contribution in [0.25, 0.3) is 0 Å². The molecule has 1 N–H and O–H groups in total. The molecule has 3 rings (SSSR count). The number of nitrogens with one attached hydrogen (secondary N) is 1. The van der Waals surface area contributed by atoms with Crippen LogP contribution in [0.3, 0.4) is 0 Å². The molecular weight excluding hydrogens is 204 g/mol. The van der Waals surface area contributed by atoms with E-state index in [2.05, 4.69) is 36.4 Å². The minimum atomic E-state index is 0.346. The van der Waals surface area contributed by atoms with Gasteiger partial charge in [0, 0.05) is 19.1 Å². The van der Waals surface area contributed by atoms with Crippen LogP contribution < -0.4 is 14.8 Å². The normalized spacial score (nSPS) is 22.3. The molecule has 0 aromatic heterocycles. The molecule has 2 aliphatic heterocycles. The summed E-state index contributed by atoms with van der Waals surface area (Å²) in [6.45, 7) is 2.24. The van der Waals surface area contributed by atoms with Crippen molar-refractivity contribution in [3.8, 4) is 11.5 Å². The lowest BCUT2D eigenvalue weighted by Crippen LogP contribution is -2.35. The van der Waals surface area contributed by atoms with Gasteiger partial charge < -0.3 is 19.7 Å². The Balaban J connectivity index is 2.06. The summed E-state index contributed by atoms with van der Waals surface area (Å²) in [7, 11) is 4.21. The van der Waals surface area contributed by atoms with Gasteiger partial charge in [0.15, 0.2) is 11.5 Å². The van der Waals surface area contributed by atoms with Gasteiger partial charge in [0.05, 0.1) is 0 Å². The van der Waals surface area contributed by atoms with Crippen LogP contribution in [0.1, 0.15) is 17.2 Å². The van der Waals surface area contributed by atoms with E-state index in [4.69, 9.17) is 9.47 Å². The second kappa shape index (κ2) is 3.64. The molecule has 2 aliphatic rings. The standard InChI is InChI=1S/C12H16N2O2/c1-14(2)10-6-13-5-8-3-11-12(4-9(8)10)16-7-15-11/h3-4,10,13H,5-7H2,1-2H3/t10-/m0/s1. The Bertz CT molecular complexity index is 418. The molecular formula is C12H16N2O2. The van der Waals surface area contributed by atoms with Crippen molar-refractivity contribution in [3.05, 3.63) is 23.3 Å². The van der Waals surface area contributed by atoms with Crippen molar-refractivity contribution in [1.82, 2.24) is 10.2 Å². The number of nitrogens with zero attached hydrogens (tertiary/aromatic N) is 1. The monoisotopic (exact) mass is 220 g/mol. The third-order valence-corrected chi connectivity index (χ3v) is 3.27. The first-order chi connectivity index (χ1) is 7.75. The van der Waals surface area contributed by atoms with Crippen LogP contribution in [0.4, 0.5) is 0 Å². The van der Waals surface area contributed by atoms with Crippen LogP contribution in [0.5, 0.6) is 11.5 Å². The molecule has 0 saturated carbocycles. The van der Waals surface area contributed by atoms with Crippen molar-refractivity contribution in [2.75, 3.05) is 27.4 Å². The van der Waals surface area contributed by atoms with E-state index in [1.54, 1.807) is 0 Å². The van der Waals surface area contributed by atoms with E-state index in [1.807, 2.05) is 0 Å². The predicted octanol–water partition coefficient (Wildman–Crippen LogP) is 1.12. The summed E-state index contributed by atoms with van der Waals surface area (Å²) < 4.78 is 10.8. The molecule has 86 valence electrons. The van der Waals surface area contributed by atoms with Crippen LogP contribution in [-0.2, 0) is 6.54 Å². The third-order valence-electron chi connectivity index (χ3n) is 3.27. The number of rotatable bonds is 1. The Hall–Kier alpha value is -1.26. The summed E-state index contributed by atoms with van der Waals surface area (Å²) >= 11 is 0. The maximum absolute atomic E-state index is 5.43. The number of likely N-dealkylation sites (N-methyl/N-ethyl adjacent to an activating group) is 1.